The minimum atomic E-state index is -0.708. The first-order valence-electron chi connectivity index (χ1n) is 10.8. The van der Waals surface area contributed by atoms with Gasteiger partial charge in [0.25, 0.3) is 0 Å². The second-order valence-corrected chi connectivity index (χ2v) is 7.17. The number of carbonyl (C=O) groups is 2. The van der Waals surface area contributed by atoms with E-state index in [0.717, 1.165) is 0 Å². The smallest absolute Gasteiger partial charge is 0.345 e. The van der Waals surface area contributed by atoms with Crippen LogP contribution in [0.15, 0.2) is 48.5 Å². The van der Waals surface area contributed by atoms with Crippen molar-refractivity contribution in [1.29, 1.82) is 0 Å². The molecular weight excluding hydrogens is 500 g/mol. The van der Waals surface area contributed by atoms with E-state index in [9.17, 15) is 9.59 Å². The molecule has 2 heterocycles. The largest absolute Gasteiger partial charge is 0.467 e. The van der Waals surface area contributed by atoms with Crippen LogP contribution in [0.4, 0.5) is 0 Å². The van der Waals surface area contributed by atoms with Crippen LogP contribution in [0.3, 0.4) is 0 Å². The molecule has 0 saturated carbocycles. The van der Waals surface area contributed by atoms with E-state index in [-0.39, 0.29) is 41.2 Å². The van der Waals surface area contributed by atoms with Gasteiger partial charge in [-0.25, -0.2) is 9.59 Å². The monoisotopic (exact) mass is 520 g/mol. The van der Waals surface area contributed by atoms with Crippen LogP contribution in [-0.2, 0) is 0 Å². The van der Waals surface area contributed by atoms with Gasteiger partial charge in [-0.2, -0.15) is 9.97 Å². The Labute approximate surface area is 215 Å². The third-order valence-corrected chi connectivity index (χ3v) is 4.61. The molecule has 0 saturated heterocycles. The minimum Gasteiger partial charge on any atom is -0.467 e. The van der Waals surface area contributed by atoms with Crippen LogP contribution in [0.1, 0.15) is 26.5 Å². The Bertz CT molecular complexity index is 1430. The molecule has 0 aliphatic carbocycles. The Hall–Kier alpha value is -5.40. The first-order chi connectivity index (χ1) is 18.4. The second-order valence-electron chi connectivity index (χ2n) is 7.17. The van der Waals surface area contributed by atoms with Crippen molar-refractivity contribution in [3.05, 3.63) is 65.5 Å². The molecule has 4 aromatic rings. The normalized spacial score (nSPS) is 10.3. The summed E-state index contributed by atoms with van der Waals surface area (Å²) in [5.41, 5.74) is 0.470. The molecule has 0 aliphatic heterocycles. The highest BCUT2D eigenvalue weighted by atomic mass is 16.6. The van der Waals surface area contributed by atoms with Crippen LogP contribution < -0.4 is 28.4 Å². The molecule has 14 nitrogen and oxygen atoms in total. The number of methoxy groups -OCH3 is 3. The lowest BCUT2D eigenvalue weighted by molar-refractivity contribution is 0.0706. The van der Waals surface area contributed by atoms with E-state index >= 15 is 0 Å². The minimum absolute atomic E-state index is 0.0366. The number of aryl methyl sites for hydroxylation is 1. The predicted molar refractivity (Wildman–Crippen MR) is 127 cm³/mol. The molecule has 0 fully saturated rings. The lowest BCUT2D eigenvalue weighted by Crippen LogP contribution is -2.12. The van der Waals surface area contributed by atoms with Gasteiger partial charge in [0, 0.05) is 0 Å². The van der Waals surface area contributed by atoms with E-state index < -0.39 is 11.9 Å². The zero-order chi connectivity index (χ0) is 27.1. The number of hydrogen-bond donors (Lipinski definition) is 0. The van der Waals surface area contributed by atoms with Crippen molar-refractivity contribution < 1.29 is 38.0 Å². The fraction of sp³-hybridized carbons (Fsp3) is 0.167. The molecule has 0 spiro atoms. The molecule has 0 bridgehead atoms. The number of carbonyl (C=O) groups excluding carboxylic acids is 2. The third kappa shape index (κ3) is 6.42. The Kier molecular flexibility index (Phi) is 7.81. The highest BCUT2D eigenvalue weighted by molar-refractivity contribution is 5.91. The van der Waals surface area contributed by atoms with E-state index in [0.29, 0.717) is 17.3 Å². The Balaban J connectivity index is 1.37. The van der Waals surface area contributed by atoms with Gasteiger partial charge in [0.2, 0.25) is 0 Å². The lowest BCUT2D eigenvalue weighted by atomic mass is 10.2. The summed E-state index contributed by atoms with van der Waals surface area (Å²) in [5.74, 6) is -0.151. The molecule has 38 heavy (non-hydrogen) atoms. The van der Waals surface area contributed by atoms with Crippen molar-refractivity contribution in [3.63, 3.8) is 0 Å². The van der Waals surface area contributed by atoms with E-state index in [1.54, 1.807) is 31.2 Å². The van der Waals surface area contributed by atoms with E-state index in [4.69, 9.17) is 28.4 Å². The van der Waals surface area contributed by atoms with Crippen LogP contribution in [0.2, 0.25) is 0 Å². The zero-order valence-electron chi connectivity index (χ0n) is 20.6. The SMILES string of the molecule is COc1nc(C)nc(OC(=O)c2ccc(Oc3ccc(C(=O)Oc4nc(OC)nc(OC)n4)cc3)cc2)n1. The summed E-state index contributed by atoms with van der Waals surface area (Å²) in [6.07, 6.45) is 0. The molecule has 0 N–H and O–H groups in total. The number of aromatic nitrogens is 6. The van der Waals surface area contributed by atoms with Crippen molar-refractivity contribution in [2.75, 3.05) is 21.3 Å². The van der Waals surface area contributed by atoms with Gasteiger partial charge in [0.05, 0.1) is 32.5 Å². The number of rotatable bonds is 9. The zero-order valence-corrected chi connectivity index (χ0v) is 20.6. The molecular formula is C24H20N6O8. The molecule has 14 heteroatoms. The van der Waals surface area contributed by atoms with Crippen LogP contribution in [0.5, 0.6) is 41.6 Å². The molecule has 0 amide bonds. The first kappa shape index (κ1) is 25.7. The Morgan fingerprint density at radius 1 is 0.526 bits per heavy atom. The van der Waals surface area contributed by atoms with Crippen LogP contribution in [-0.4, -0.2) is 63.2 Å². The van der Waals surface area contributed by atoms with E-state index in [1.807, 2.05) is 0 Å². The highest BCUT2D eigenvalue weighted by Crippen LogP contribution is 2.23. The molecule has 0 unspecified atom stereocenters. The number of nitrogens with zero attached hydrogens (tertiary/aromatic N) is 6. The van der Waals surface area contributed by atoms with Crippen LogP contribution in [0.25, 0.3) is 0 Å². The van der Waals surface area contributed by atoms with Crippen molar-refractivity contribution in [2.45, 2.75) is 6.92 Å². The van der Waals surface area contributed by atoms with Gasteiger partial charge >= 0.3 is 42.0 Å². The molecule has 194 valence electrons. The Morgan fingerprint density at radius 3 is 1.29 bits per heavy atom. The van der Waals surface area contributed by atoms with Crippen LogP contribution in [0, 0.1) is 6.92 Å². The van der Waals surface area contributed by atoms with Gasteiger partial charge in [-0.05, 0) is 55.5 Å². The highest BCUT2D eigenvalue weighted by Gasteiger charge is 2.16. The predicted octanol–water partition coefficient (Wildman–Crippen LogP) is 2.62. The fourth-order valence-corrected chi connectivity index (χ4v) is 2.86. The van der Waals surface area contributed by atoms with Gasteiger partial charge in [0.1, 0.15) is 17.3 Å². The van der Waals surface area contributed by atoms with Gasteiger partial charge in [0.15, 0.2) is 0 Å². The molecule has 2 aromatic carbocycles. The summed E-state index contributed by atoms with van der Waals surface area (Å²) in [4.78, 5) is 48.2. The van der Waals surface area contributed by atoms with Gasteiger partial charge in [-0.15, -0.1) is 19.9 Å². The number of hydrogen-bond acceptors (Lipinski definition) is 14. The van der Waals surface area contributed by atoms with Crippen LogP contribution >= 0.6 is 0 Å². The first-order valence-corrected chi connectivity index (χ1v) is 10.8. The average Bonchev–Trinajstić information content (AvgIpc) is 2.93. The summed E-state index contributed by atoms with van der Waals surface area (Å²) in [7, 11) is 4.10. The summed E-state index contributed by atoms with van der Waals surface area (Å²) in [6.45, 7) is 1.62. The quantitative estimate of drug-likeness (QED) is 0.295. The van der Waals surface area contributed by atoms with E-state index in [1.165, 1.54) is 45.6 Å². The topological polar surface area (TPSA) is 167 Å². The molecule has 4 rings (SSSR count). The summed E-state index contributed by atoms with van der Waals surface area (Å²) in [5, 5.41) is 0. The second kappa shape index (κ2) is 11.6. The van der Waals surface area contributed by atoms with Crippen molar-refractivity contribution in [1.82, 2.24) is 29.9 Å². The summed E-state index contributed by atoms with van der Waals surface area (Å²) >= 11 is 0. The van der Waals surface area contributed by atoms with Gasteiger partial charge < -0.3 is 28.4 Å². The maximum Gasteiger partial charge on any atom is 0.345 e. The third-order valence-electron chi connectivity index (χ3n) is 4.61. The van der Waals surface area contributed by atoms with Gasteiger partial charge in [-0.3, -0.25) is 0 Å². The molecule has 0 aliphatic rings. The molecule has 0 atom stereocenters. The fourth-order valence-electron chi connectivity index (χ4n) is 2.86. The Morgan fingerprint density at radius 2 is 0.868 bits per heavy atom. The van der Waals surface area contributed by atoms with Gasteiger partial charge in [-0.1, -0.05) is 0 Å². The van der Waals surface area contributed by atoms with Crippen molar-refractivity contribution >= 4 is 11.9 Å². The summed E-state index contributed by atoms with van der Waals surface area (Å²) in [6, 6.07) is 11.8. The maximum atomic E-state index is 12.5. The average molecular weight is 520 g/mol. The van der Waals surface area contributed by atoms with E-state index in [2.05, 4.69) is 29.9 Å². The maximum absolute atomic E-state index is 12.5. The number of benzene rings is 2. The van der Waals surface area contributed by atoms with Crippen molar-refractivity contribution in [2.24, 2.45) is 0 Å². The standard InChI is InChI=1S/C24H20N6O8/c1-13-25-20(33-2)28-23(26-13)37-18(31)14-5-9-16(10-6-14)36-17-11-7-15(8-12-17)19(32)38-24-29-21(34-3)27-22(30-24)35-4/h5-12H,1-4H3. The summed E-state index contributed by atoms with van der Waals surface area (Å²) < 4.78 is 30.9. The molecule has 0 radical (unpaired) electrons. The lowest BCUT2D eigenvalue weighted by Gasteiger charge is -2.08. The number of esters is 2. The molecule has 2 aromatic heterocycles. The number of ether oxygens (including phenoxy) is 6. The van der Waals surface area contributed by atoms with Crippen molar-refractivity contribution in [3.8, 4) is 41.6 Å².